The van der Waals surface area contributed by atoms with Gasteiger partial charge in [-0.05, 0) is 37.4 Å². The van der Waals surface area contributed by atoms with Crippen LogP contribution in [-0.2, 0) is 0 Å². The molecular weight excluding hydrogens is 466 g/mol. The number of halogens is 1. The van der Waals surface area contributed by atoms with Crippen molar-refractivity contribution in [3.8, 4) is 11.5 Å². The number of hydrogen-bond donors (Lipinski definition) is 0. The number of benzene rings is 2. The van der Waals surface area contributed by atoms with Gasteiger partial charge in [-0.1, -0.05) is 41.1 Å². The molecule has 30 heavy (non-hydrogen) atoms. The summed E-state index contributed by atoms with van der Waals surface area (Å²) >= 11 is 4.91. The van der Waals surface area contributed by atoms with Gasteiger partial charge in [0.25, 0.3) is 5.91 Å². The summed E-state index contributed by atoms with van der Waals surface area (Å²) in [5.41, 5.74) is 1.41. The molecule has 1 amide bonds. The summed E-state index contributed by atoms with van der Waals surface area (Å²) in [5, 5.41) is 0.667. The average molecular weight is 492 g/mol. The van der Waals surface area contributed by atoms with Gasteiger partial charge in [0.1, 0.15) is 0 Å². The van der Waals surface area contributed by atoms with Crippen molar-refractivity contribution in [2.45, 2.75) is 13.8 Å². The molecule has 8 heteroatoms. The topological polar surface area (TPSA) is 54.9 Å². The van der Waals surface area contributed by atoms with Crippen LogP contribution in [0, 0.1) is 0 Å². The van der Waals surface area contributed by atoms with E-state index in [1.807, 2.05) is 36.4 Å². The van der Waals surface area contributed by atoms with Crippen molar-refractivity contribution in [2.24, 2.45) is 0 Å². The Morgan fingerprint density at radius 3 is 2.27 bits per heavy atom. The summed E-state index contributed by atoms with van der Waals surface area (Å²) in [6.07, 6.45) is 0. The number of ether oxygens (including phenoxy) is 2. The number of nitrogens with zero attached hydrogens (tertiary/aromatic N) is 3. The van der Waals surface area contributed by atoms with Crippen molar-refractivity contribution >= 4 is 48.5 Å². The standard InChI is InChI=1S/C22H26BrN3O3S/c1-5-25(6-2)11-12-26(21(27)15-7-9-16(23)10-8-15)22-24-17-13-18(28-3)19(29-4)14-20(17)30-22/h7-10,13-14H,5-6,11-12H2,1-4H3. The van der Waals surface area contributed by atoms with Crippen molar-refractivity contribution in [1.29, 1.82) is 0 Å². The molecule has 0 aliphatic carbocycles. The van der Waals surface area contributed by atoms with Crippen LogP contribution in [0.1, 0.15) is 24.2 Å². The number of fused-ring (bicyclic) bond motifs is 1. The molecule has 0 atom stereocenters. The largest absolute Gasteiger partial charge is 0.493 e. The number of carbonyl (C=O) groups excluding carboxylic acids is 1. The fourth-order valence-corrected chi connectivity index (χ4v) is 4.44. The van der Waals surface area contributed by atoms with Crippen molar-refractivity contribution < 1.29 is 14.3 Å². The van der Waals surface area contributed by atoms with Crippen LogP contribution in [0.3, 0.4) is 0 Å². The van der Waals surface area contributed by atoms with Crippen LogP contribution in [0.5, 0.6) is 11.5 Å². The lowest BCUT2D eigenvalue weighted by atomic mass is 10.2. The zero-order valence-corrected chi connectivity index (χ0v) is 20.0. The number of thiazole rings is 1. The minimum absolute atomic E-state index is 0.0624. The second-order valence-electron chi connectivity index (χ2n) is 6.66. The van der Waals surface area contributed by atoms with E-state index in [0.29, 0.717) is 28.7 Å². The van der Waals surface area contributed by atoms with Crippen LogP contribution < -0.4 is 14.4 Å². The number of amides is 1. The van der Waals surface area contributed by atoms with E-state index in [1.165, 1.54) is 11.3 Å². The Morgan fingerprint density at radius 1 is 1.03 bits per heavy atom. The molecule has 6 nitrogen and oxygen atoms in total. The van der Waals surface area contributed by atoms with E-state index in [9.17, 15) is 4.79 Å². The summed E-state index contributed by atoms with van der Waals surface area (Å²) in [6, 6.07) is 11.2. The third kappa shape index (κ3) is 4.94. The van der Waals surface area contributed by atoms with Gasteiger partial charge in [0.2, 0.25) is 0 Å². The van der Waals surface area contributed by atoms with E-state index < -0.39 is 0 Å². The van der Waals surface area contributed by atoms with E-state index >= 15 is 0 Å². The van der Waals surface area contributed by atoms with E-state index in [4.69, 9.17) is 14.5 Å². The molecule has 0 N–H and O–H groups in total. The van der Waals surface area contributed by atoms with Gasteiger partial charge in [-0.2, -0.15) is 0 Å². The maximum absolute atomic E-state index is 13.4. The minimum atomic E-state index is -0.0624. The maximum Gasteiger partial charge on any atom is 0.260 e. The number of methoxy groups -OCH3 is 2. The fraction of sp³-hybridized carbons (Fsp3) is 0.364. The van der Waals surface area contributed by atoms with E-state index in [-0.39, 0.29) is 5.91 Å². The van der Waals surface area contributed by atoms with Gasteiger partial charge >= 0.3 is 0 Å². The molecule has 3 rings (SSSR count). The highest BCUT2D eigenvalue weighted by Crippen LogP contribution is 2.37. The first-order chi connectivity index (χ1) is 14.5. The Hall–Kier alpha value is -2.16. The predicted octanol–water partition coefficient (Wildman–Crippen LogP) is 5.06. The van der Waals surface area contributed by atoms with Crippen molar-refractivity contribution in [2.75, 3.05) is 45.3 Å². The molecule has 0 aliphatic heterocycles. The van der Waals surface area contributed by atoms with Gasteiger partial charge in [-0.3, -0.25) is 9.69 Å². The lowest BCUT2D eigenvalue weighted by Gasteiger charge is -2.24. The molecule has 0 saturated heterocycles. The Balaban J connectivity index is 1.99. The molecule has 1 heterocycles. The monoisotopic (exact) mass is 491 g/mol. The Labute approximate surface area is 189 Å². The van der Waals surface area contributed by atoms with Crippen molar-refractivity contribution in [3.63, 3.8) is 0 Å². The number of likely N-dealkylation sites (N-methyl/N-ethyl adjacent to an activating group) is 1. The molecule has 160 valence electrons. The molecule has 0 radical (unpaired) electrons. The first-order valence-electron chi connectivity index (χ1n) is 9.83. The third-order valence-electron chi connectivity index (χ3n) is 4.98. The lowest BCUT2D eigenvalue weighted by molar-refractivity contribution is 0.0984. The highest BCUT2D eigenvalue weighted by Gasteiger charge is 2.22. The predicted molar refractivity (Wildman–Crippen MR) is 126 cm³/mol. The molecule has 2 aromatic carbocycles. The Bertz CT molecular complexity index is 962. The second-order valence-corrected chi connectivity index (χ2v) is 8.59. The molecule has 1 aromatic heterocycles. The molecule has 0 saturated carbocycles. The number of hydrogen-bond acceptors (Lipinski definition) is 6. The first kappa shape index (κ1) is 22.5. The molecule has 0 bridgehead atoms. The summed E-state index contributed by atoms with van der Waals surface area (Å²) in [6.45, 7) is 7.46. The van der Waals surface area contributed by atoms with Gasteiger partial charge in [0.15, 0.2) is 16.6 Å². The highest BCUT2D eigenvalue weighted by atomic mass is 79.9. The number of carbonyl (C=O) groups is 1. The van der Waals surface area contributed by atoms with Gasteiger partial charge in [-0.25, -0.2) is 4.98 Å². The lowest BCUT2D eigenvalue weighted by Crippen LogP contribution is -2.38. The number of anilines is 1. The summed E-state index contributed by atoms with van der Waals surface area (Å²) in [4.78, 5) is 22.2. The van der Waals surface area contributed by atoms with E-state index in [0.717, 1.165) is 34.3 Å². The summed E-state index contributed by atoms with van der Waals surface area (Å²) in [5.74, 6) is 1.21. The van der Waals surface area contributed by atoms with Gasteiger partial charge in [0, 0.05) is 35.3 Å². The van der Waals surface area contributed by atoms with Crippen molar-refractivity contribution in [3.05, 3.63) is 46.4 Å². The fourth-order valence-electron chi connectivity index (χ4n) is 3.17. The summed E-state index contributed by atoms with van der Waals surface area (Å²) < 4.78 is 12.7. The van der Waals surface area contributed by atoms with Crippen LogP contribution in [-0.4, -0.2) is 56.2 Å². The Morgan fingerprint density at radius 2 is 1.67 bits per heavy atom. The van der Waals surface area contributed by atoms with Crippen LogP contribution in [0.15, 0.2) is 40.9 Å². The van der Waals surface area contributed by atoms with E-state index in [1.54, 1.807) is 19.1 Å². The molecule has 3 aromatic rings. The minimum Gasteiger partial charge on any atom is -0.493 e. The van der Waals surface area contributed by atoms with Crippen molar-refractivity contribution in [1.82, 2.24) is 9.88 Å². The SMILES string of the molecule is CCN(CC)CCN(C(=O)c1ccc(Br)cc1)c1nc2cc(OC)c(OC)cc2s1. The van der Waals surface area contributed by atoms with Crippen LogP contribution in [0.2, 0.25) is 0 Å². The quantitative estimate of drug-likeness (QED) is 0.418. The highest BCUT2D eigenvalue weighted by molar-refractivity contribution is 9.10. The molecule has 0 spiro atoms. The zero-order valence-electron chi connectivity index (χ0n) is 17.6. The van der Waals surface area contributed by atoms with Gasteiger partial charge in [-0.15, -0.1) is 0 Å². The molecule has 0 aliphatic rings. The first-order valence-corrected chi connectivity index (χ1v) is 11.4. The Kier molecular flexibility index (Phi) is 7.69. The van der Waals surface area contributed by atoms with Gasteiger partial charge in [0.05, 0.1) is 24.4 Å². The van der Waals surface area contributed by atoms with Gasteiger partial charge < -0.3 is 14.4 Å². The molecule has 0 unspecified atom stereocenters. The van der Waals surface area contributed by atoms with Crippen LogP contribution in [0.25, 0.3) is 10.2 Å². The molecule has 0 fully saturated rings. The number of aromatic nitrogens is 1. The number of rotatable bonds is 9. The van der Waals surface area contributed by atoms with E-state index in [2.05, 4.69) is 34.7 Å². The zero-order chi connectivity index (χ0) is 21.7. The average Bonchev–Trinajstić information content (AvgIpc) is 3.18. The van der Waals surface area contributed by atoms with Crippen LogP contribution in [0.4, 0.5) is 5.13 Å². The third-order valence-corrected chi connectivity index (χ3v) is 6.55. The normalized spacial score (nSPS) is 11.1. The summed E-state index contributed by atoms with van der Waals surface area (Å²) in [7, 11) is 3.21. The molecular formula is C22H26BrN3O3S. The smallest absolute Gasteiger partial charge is 0.260 e. The second kappa shape index (κ2) is 10.2. The maximum atomic E-state index is 13.4. The van der Waals surface area contributed by atoms with Crippen LogP contribution >= 0.6 is 27.3 Å².